The molecule has 0 atom stereocenters. The zero-order valence-corrected chi connectivity index (χ0v) is 8.39. The van der Waals surface area contributed by atoms with Crippen LogP contribution in [0.3, 0.4) is 0 Å². The summed E-state index contributed by atoms with van der Waals surface area (Å²) >= 11 is 0. The molecule has 13 heavy (non-hydrogen) atoms. The molecule has 0 amide bonds. The van der Waals surface area contributed by atoms with Gasteiger partial charge in [-0.2, -0.15) is 0 Å². The maximum absolute atomic E-state index is 5.42. The molecule has 1 rings (SSSR count). The zero-order chi connectivity index (χ0) is 9.84. The van der Waals surface area contributed by atoms with Gasteiger partial charge in [0.2, 0.25) is 0 Å². The van der Waals surface area contributed by atoms with Crippen LogP contribution in [0.2, 0.25) is 0 Å². The van der Waals surface area contributed by atoms with Crippen molar-refractivity contribution in [3.8, 4) is 12.3 Å². The Morgan fingerprint density at radius 1 is 1.23 bits per heavy atom. The van der Waals surface area contributed by atoms with E-state index in [1.165, 1.54) is 11.1 Å². The Labute approximate surface area is 80.3 Å². The first-order valence-electron chi connectivity index (χ1n) is 4.39. The Hall–Kier alpha value is -1.48. The van der Waals surface area contributed by atoms with Gasteiger partial charge in [-0.25, -0.2) is 0 Å². The van der Waals surface area contributed by atoms with Gasteiger partial charge in [0, 0.05) is 5.56 Å². The van der Waals surface area contributed by atoms with Gasteiger partial charge in [0.05, 0.1) is 0 Å². The SMILES string of the molecule is C#Cc1cc(C)c(C)cc1/C=C/C. The van der Waals surface area contributed by atoms with E-state index >= 15 is 0 Å². The molecule has 66 valence electrons. The van der Waals surface area contributed by atoms with Crippen LogP contribution < -0.4 is 0 Å². The quantitative estimate of drug-likeness (QED) is 0.567. The first-order chi connectivity index (χ1) is 6.19. The van der Waals surface area contributed by atoms with E-state index in [1.54, 1.807) is 0 Å². The lowest BCUT2D eigenvalue weighted by molar-refractivity contribution is 1.32. The molecular formula is C13H14. The van der Waals surface area contributed by atoms with Gasteiger partial charge in [-0.05, 0) is 43.5 Å². The summed E-state index contributed by atoms with van der Waals surface area (Å²) < 4.78 is 0. The molecule has 0 bridgehead atoms. The van der Waals surface area contributed by atoms with Crippen LogP contribution in [0.1, 0.15) is 29.2 Å². The summed E-state index contributed by atoms with van der Waals surface area (Å²) in [5.74, 6) is 2.70. The monoisotopic (exact) mass is 170 g/mol. The van der Waals surface area contributed by atoms with E-state index in [2.05, 4.69) is 31.9 Å². The molecule has 1 aromatic rings. The normalized spacial score (nSPS) is 10.3. The molecule has 0 nitrogen and oxygen atoms in total. The molecule has 0 aliphatic carbocycles. The predicted octanol–water partition coefficient (Wildman–Crippen LogP) is 3.32. The van der Waals surface area contributed by atoms with E-state index in [1.807, 2.05) is 19.1 Å². The van der Waals surface area contributed by atoms with E-state index in [0.29, 0.717) is 0 Å². The molecule has 0 saturated heterocycles. The molecule has 0 N–H and O–H groups in total. The molecule has 0 heteroatoms. The molecule has 0 aliphatic heterocycles. The standard InChI is InChI=1S/C13H14/c1-5-7-13-9-11(4)10(3)8-12(13)6-2/h2,5,7-9H,1,3-4H3/b7-5+. The van der Waals surface area contributed by atoms with Crippen molar-refractivity contribution >= 4 is 6.08 Å². The highest BCUT2D eigenvalue weighted by Gasteiger charge is 1.99. The second-order valence-corrected chi connectivity index (χ2v) is 3.17. The van der Waals surface area contributed by atoms with Gasteiger partial charge in [0.1, 0.15) is 0 Å². The molecule has 0 spiro atoms. The lowest BCUT2D eigenvalue weighted by Gasteiger charge is -2.04. The Balaban J connectivity index is 3.35. The summed E-state index contributed by atoms with van der Waals surface area (Å²) in [5, 5.41) is 0. The van der Waals surface area contributed by atoms with Gasteiger partial charge in [-0.3, -0.25) is 0 Å². The topological polar surface area (TPSA) is 0 Å². The largest absolute Gasteiger partial charge is 0.115 e. The first-order valence-corrected chi connectivity index (χ1v) is 4.39. The molecule has 0 radical (unpaired) electrons. The van der Waals surface area contributed by atoms with Crippen LogP contribution in [0.5, 0.6) is 0 Å². The highest BCUT2D eigenvalue weighted by molar-refractivity contribution is 5.60. The lowest BCUT2D eigenvalue weighted by Crippen LogP contribution is -1.88. The molecule has 0 aromatic heterocycles. The van der Waals surface area contributed by atoms with Crippen molar-refractivity contribution in [3.05, 3.63) is 40.5 Å². The number of hydrogen-bond acceptors (Lipinski definition) is 0. The van der Waals surface area contributed by atoms with Crippen LogP contribution in [0.4, 0.5) is 0 Å². The third-order valence-corrected chi connectivity index (χ3v) is 2.17. The minimum absolute atomic E-state index is 0.973. The predicted molar refractivity (Wildman–Crippen MR) is 58.6 cm³/mol. The van der Waals surface area contributed by atoms with Crippen LogP contribution in [0.25, 0.3) is 6.08 Å². The fraction of sp³-hybridized carbons (Fsp3) is 0.231. The van der Waals surface area contributed by atoms with Crippen LogP contribution in [-0.4, -0.2) is 0 Å². The van der Waals surface area contributed by atoms with E-state index in [9.17, 15) is 0 Å². The highest BCUT2D eigenvalue weighted by atomic mass is 14.0. The molecule has 0 heterocycles. The second-order valence-electron chi connectivity index (χ2n) is 3.17. The summed E-state index contributed by atoms with van der Waals surface area (Å²) in [6.45, 7) is 6.17. The van der Waals surface area contributed by atoms with Crippen LogP contribution in [-0.2, 0) is 0 Å². The third-order valence-electron chi connectivity index (χ3n) is 2.17. The zero-order valence-electron chi connectivity index (χ0n) is 8.39. The van der Waals surface area contributed by atoms with Crippen LogP contribution >= 0.6 is 0 Å². The smallest absolute Gasteiger partial charge is 0.0317 e. The minimum atomic E-state index is 0.973. The molecule has 0 fully saturated rings. The van der Waals surface area contributed by atoms with E-state index in [-0.39, 0.29) is 0 Å². The van der Waals surface area contributed by atoms with Gasteiger partial charge in [-0.1, -0.05) is 24.1 Å². The molecule has 0 aliphatic rings. The first kappa shape index (κ1) is 9.61. The Kier molecular flexibility index (Phi) is 2.93. The van der Waals surface area contributed by atoms with Gasteiger partial charge >= 0.3 is 0 Å². The van der Waals surface area contributed by atoms with Gasteiger partial charge in [0.15, 0.2) is 0 Å². The molecule has 0 saturated carbocycles. The average Bonchev–Trinajstić information content (AvgIpc) is 2.11. The summed E-state index contributed by atoms with van der Waals surface area (Å²) in [7, 11) is 0. The maximum atomic E-state index is 5.42. The van der Waals surface area contributed by atoms with Crippen LogP contribution in [0, 0.1) is 26.2 Å². The van der Waals surface area contributed by atoms with Crippen molar-refractivity contribution in [3.63, 3.8) is 0 Å². The number of benzene rings is 1. The Bertz CT molecular complexity index is 376. The highest BCUT2D eigenvalue weighted by Crippen LogP contribution is 2.16. The summed E-state index contributed by atoms with van der Waals surface area (Å²) in [4.78, 5) is 0. The Morgan fingerprint density at radius 3 is 2.38 bits per heavy atom. The summed E-state index contributed by atoms with van der Waals surface area (Å²) in [5.41, 5.74) is 4.64. The number of aryl methyl sites for hydroxylation is 2. The van der Waals surface area contributed by atoms with Crippen molar-refractivity contribution < 1.29 is 0 Å². The number of allylic oxidation sites excluding steroid dienone is 1. The Morgan fingerprint density at radius 2 is 1.85 bits per heavy atom. The number of rotatable bonds is 1. The lowest BCUT2D eigenvalue weighted by atomic mass is 10.00. The van der Waals surface area contributed by atoms with Gasteiger partial charge < -0.3 is 0 Å². The maximum Gasteiger partial charge on any atom is 0.0317 e. The molecule has 1 aromatic carbocycles. The number of terminal acetylenes is 1. The second kappa shape index (κ2) is 3.96. The minimum Gasteiger partial charge on any atom is -0.115 e. The third kappa shape index (κ3) is 2.00. The van der Waals surface area contributed by atoms with E-state index < -0.39 is 0 Å². The molecule has 0 unspecified atom stereocenters. The van der Waals surface area contributed by atoms with Crippen molar-refractivity contribution in [2.45, 2.75) is 20.8 Å². The summed E-state index contributed by atoms with van der Waals surface area (Å²) in [6, 6.07) is 4.19. The van der Waals surface area contributed by atoms with Crippen molar-refractivity contribution in [2.24, 2.45) is 0 Å². The molecular weight excluding hydrogens is 156 g/mol. The van der Waals surface area contributed by atoms with E-state index in [4.69, 9.17) is 6.42 Å². The van der Waals surface area contributed by atoms with Crippen molar-refractivity contribution in [1.82, 2.24) is 0 Å². The van der Waals surface area contributed by atoms with Crippen molar-refractivity contribution in [1.29, 1.82) is 0 Å². The van der Waals surface area contributed by atoms with E-state index in [0.717, 1.165) is 11.1 Å². The average molecular weight is 170 g/mol. The fourth-order valence-electron chi connectivity index (χ4n) is 1.28. The number of hydrogen-bond donors (Lipinski definition) is 0. The van der Waals surface area contributed by atoms with Crippen LogP contribution in [0.15, 0.2) is 18.2 Å². The summed E-state index contributed by atoms with van der Waals surface area (Å²) in [6.07, 6.45) is 9.46. The van der Waals surface area contributed by atoms with Crippen molar-refractivity contribution in [2.75, 3.05) is 0 Å². The van der Waals surface area contributed by atoms with Gasteiger partial charge in [0.25, 0.3) is 0 Å². The van der Waals surface area contributed by atoms with Gasteiger partial charge in [-0.15, -0.1) is 6.42 Å². The fourth-order valence-corrected chi connectivity index (χ4v) is 1.28.